The van der Waals surface area contributed by atoms with E-state index >= 15 is 0 Å². The van der Waals surface area contributed by atoms with Gasteiger partial charge >= 0.3 is 6.18 Å². The number of carbonyl (C=O) groups is 1. The van der Waals surface area contributed by atoms with Gasteiger partial charge in [-0.1, -0.05) is 13.0 Å². The van der Waals surface area contributed by atoms with E-state index < -0.39 is 17.6 Å². The molecule has 2 unspecified atom stereocenters. The number of piperidine rings is 1. The van der Waals surface area contributed by atoms with Gasteiger partial charge in [0.2, 0.25) is 0 Å². The van der Waals surface area contributed by atoms with Crippen LogP contribution in [0.3, 0.4) is 0 Å². The number of alkyl halides is 3. The molecule has 192 valence electrons. The Labute approximate surface area is 207 Å². The number of hydrogen-bond acceptors (Lipinski definition) is 4. The van der Waals surface area contributed by atoms with Crippen LogP contribution in [0.5, 0.6) is 0 Å². The summed E-state index contributed by atoms with van der Waals surface area (Å²) >= 11 is 0. The number of amidine groups is 1. The van der Waals surface area contributed by atoms with Gasteiger partial charge in [-0.05, 0) is 69.2 Å². The molecule has 1 amide bonds. The molecule has 0 radical (unpaired) electrons. The van der Waals surface area contributed by atoms with Gasteiger partial charge in [0.15, 0.2) is 5.84 Å². The highest BCUT2D eigenvalue weighted by Crippen LogP contribution is 2.30. The quantitative estimate of drug-likeness (QED) is 0.304. The van der Waals surface area contributed by atoms with E-state index in [9.17, 15) is 22.4 Å². The van der Waals surface area contributed by atoms with Crippen molar-refractivity contribution in [3.8, 4) is 0 Å². The molecular weight excluding hydrogens is 474 g/mol. The highest BCUT2D eigenvalue weighted by Gasteiger charge is 2.34. The highest BCUT2D eigenvalue weighted by molar-refractivity contribution is 6.11. The lowest BCUT2D eigenvalue weighted by molar-refractivity contribution is -0.137. The molecule has 0 aliphatic carbocycles. The van der Waals surface area contributed by atoms with Crippen molar-refractivity contribution in [3.05, 3.63) is 70.8 Å². The van der Waals surface area contributed by atoms with E-state index in [1.165, 1.54) is 24.4 Å². The first-order chi connectivity index (χ1) is 17.1. The van der Waals surface area contributed by atoms with Gasteiger partial charge in [-0.15, -0.1) is 0 Å². The van der Waals surface area contributed by atoms with Gasteiger partial charge in [0, 0.05) is 31.0 Å². The zero-order valence-electron chi connectivity index (χ0n) is 20.4. The Kier molecular flexibility index (Phi) is 8.60. The Morgan fingerprint density at radius 3 is 2.67 bits per heavy atom. The van der Waals surface area contributed by atoms with E-state index in [0.717, 1.165) is 25.1 Å². The summed E-state index contributed by atoms with van der Waals surface area (Å²) in [6, 6.07) is 4.66. The smallest absolute Gasteiger partial charge is 0.368 e. The number of nitrogens with one attached hydrogen (secondary N) is 1. The Morgan fingerprint density at radius 2 is 2.06 bits per heavy atom. The summed E-state index contributed by atoms with van der Waals surface area (Å²) in [5.41, 5.74) is 0.00913. The number of likely N-dealkylation sites (tertiary alicyclic amines) is 1. The summed E-state index contributed by atoms with van der Waals surface area (Å²) in [6.07, 6.45) is 1.16. The van der Waals surface area contributed by atoms with E-state index in [4.69, 9.17) is 0 Å². The molecule has 2 aromatic rings. The maximum absolute atomic E-state index is 14.6. The molecule has 1 N–H and O–H groups in total. The maximum Gasteiger partial charge on any atom is 0.417 e. The van der Waals surface area contributed by atoms with Crippen molar-refractivity contribution >= 4 is 24.3 Å². The predicted octanol–water partition coefficient (Wildman–Crippen LogP) is 5.88. The molecule has 3 rings (SSSR count). The van der Waals surface area contributed by atoms with Crippen LogP contribution >= 0.6 is 0 Å². The molecule has 1 saturated heterocycles. The van der Waals surface area contributed by atoms with Crippen molar-refractivity contribution in [2.45, 2.75) is 45.8 Å². The van der Waals surface area contributed by atoms with Crippen molar-refractivity contribution in [1.82, 2.24) is 9.88 Å². The lowest BCUT2D eigenvalue weighted by atomic mass is 9.89. The minimum Gasteiger partial charge on any atom is -0.368 e. The molecule has 36 heavy (non-hydrogen) atoms. The lowest BCUT2D eigenvalue weighted by Crippen LogP contribution is -2.51. The fourth-order valence-electron chi connectivity index (χ4n) is 4.23. The third-order valence-electron chi connectivity index (χ3n) is 6.23. The van der Waals surface area contributed by atoms with Gasteiger partial charge < -0.3 is 10.2 Å². The van der Waals surface area contributed by atoms with Crippen LogP contribution in [0.4, 0.5) is 23.4 Å². The molecule has 1 aliphatic heterocycles. The minimum atomic E-state index is -4.47. The first-order valence-electron chi connectivity index (χ1n) is 11.6. The summed E-state index contributed by atoms with van der Waals surface area (Å²) < 4.78 is 53.1. The van der Waals surface area contributed by atoms with Crippen LogP contribution < -0.4 is 5.32 Å². The maximum atomic E-state index is 14.6. The molecule has 1 aliphatic rings. The zero-order chi connectivity index (χ0) is 26.5. The SMILES string of the molecule is C=NC(=NC=CC)c1cc(C)c(F)cc1C(=O)N1CCCC(C)C1CNc1ccc(C(F)(F)F)cn1. The third-order valence-corrected chi connectivity index (χ3v) is 6.23. The van der Waals surface area contributed by atoms with E-state index in [2.05, 4.69) is 27.0 Å². The Bertz CT molecular complexity index is 1160. The summed E-state index contributed by atoms with van der Waals surface area (Å²) in [7, 11) is 0. The van der Waals surface area contributed by atoms with Crippen LogP contribution in [-0.4, -0.2) is 47.5 Å². The van der Waals surface area contributed by atoms with E-state index in [1.54, 1.807) is 24.8 Å². The molecule has 6 nitrogen and oxygen atoms in total. The first kappa shape index (κ1) is 27.0. The summed E-state index contributed by atoms with van der Waals surface area (Å²) in [6.45, 7) is 9.65. The number of hydrogen-bond donors (Lipinski definition) is 1. The number of aromatic nitrogens is 1. The second-order valence-corrected chi connectivity index (χ2v) is 8.74. The number of aryl methyl sites for hydroxylation is 1. The standard InChI is InChI=1S/C26H29F4N5O/c1-5-10-32-24(31-4)19-12-17(3)21(27)13-20(19)25(36)35-11-6-7-16(2)22(35)15-34-23-9-8-18(14-33-23)26(28,29)30/h5,8-10,12-14,16,22H,4,6-7,11,15H2,1-3H3,(H,33,34). The van der Waals surface area contributed by atoms with Gasteiger partial charge in [0.25, 0.3) is 5.91 Å². The zero-order valence-corrected chi connectivity index (χ0v) is 20.4. The average molecular weight is 504 g/mol. The van der Waals surface area contributed by atoms with Gasteiger partial charge in [-0.3, -0.25) is 4.79 Å². The largest absolute Gasteiger partial charge is 0.417 e. The molecule has 1 aromatic carbocycles. The monoisotopic (exact) mass is 503 g/mol. The van der Waals surface area contributed by atoms with Gasteiger partial charge in [-0.25, -0.2) is 19.4 Å². The Morgan fingerprint density at radius 1 is 1.31 bits per heavy atom. The first-order valence-corrected chi connectivity index (χ1v) is 11.6. The number of anilines is 1. The second kappa shape index (κ2) is 11.5. The van der Waals surface area contributed by atoms with Gasteiger partial charge in [-0.2, -0.15) is 13.2 Å². The molecule has 0 bridgehead atoms. The van der Waals surface area contributed by atoms with Crippen molar-refractivity contribution in [1.29, 1.82) is 0 Å². The molecule has 1 aromatic heterocycles. The molecule has 10 heteroatoms. The van der Waals surface area contributed by atoms with Crippen molar-refractivity contribution < 1.29 is 22.4 Å². The molecule has 2 heterocycles. The number of pyridine rings is 1. The Hall–Kier alpha value is -3.56. The predicted molar refractivity (Wildman–Crippen MR) is 133 cm³/mol. The van der Waals surface area contributed by atoms with Gasteiger partial charge in [0.05, 0.1) is 17.2 Å². The third kappa shape index (κ3) is 6.16. The number of allylic oxidation sites excluding steroid dienone is 1. The van der Waals surface area contributed by atoms with Crippen LogP contribution in [0.25, 0.3) is 0 Å². The van der Waals surface area contributed by atoms with Crippen LogP contribution in [0.15, 0.2) is 52.7 Å². The van der Waals surface area contributed by atoms with Crippen molar-refractivity contribution in [2.24, 2.45) is 15.9 Å². The normalized spacial score (nSPS) is 19.0. The number of amides is 1. The topological polar surface area (TPSA) is 70.0 Å². The summed E-state index contributed by atoms with van der Waals surface area (Å²) in [5.74, 6) is -0.332. The van der Waals surface area contributed by atoms with Crippen LogP contribution in [0.2, 0.25) is 0 Å². The van der Waals surface area contributed by atoms with E-state index in [0.29, 0.717) is 17.7 Å². The molecule has 1 fully saturated rings. The minimum absolute atomic E-state index is 0.0945. The second-order valence-electron chi connectivity index (χ2n) is 8.74. The fraction of sp³-hybridized carbons (Fsp3) is 0.385. The molecule has 0 saturated carbocycles. The van der Waals surface area contributed by atoms with Crippen LogP contribution in [0.1, 0.15) is 53.7 Å². The van der Waals surface area contributed by atoms with Crippen LogP contribution in [-0.2, 0) is 6.18 Å². The van der Waals surface area contributed by atoms with E-state index in [-0.39, 0.29) is 41.6 Å². The average Bonchev–Trinajstić information content (AvgIpc) is 2.84. The number of carbonyl (C=O) groups excluding carboxylic acids is 1. The van der Waals surface area contributed by atoms with Crippen LogP contribution in [0, 0.1) is 18.7 Å². The number of halogens is 4. The molecule has 2 atom stereocenters. The highest BCUT2D eigenvalue weighted by atomic mass is 19.4. The van der Waals surface area contributed by atoms with Gasteiger partial charge in [0.1, 0.15) is 11.6 Å². The number of aliphatic imine (C=N–C) groups is 2. The molecular formula is C26H29F4N5O. The summed E-state index contributed by atoms with van der Waals surface area (Å²) in [5, 5.41) is 3.05. The van der Waals surface area contributed by atoms with Crippen molar-refractivity contribution in [2.75, 3.05) is 18.4 Å². The number of benzene rings is 1. The lowest BCUT2D eigenvalue weighted by Gasteiger charge is -2.40. The van der Waals surface area contributed by atoms with Crippen molar-refractivity contribution in [3.63, 3.8) is 0 Å². The number of nitrogens with zero attached hydrogens (tertiary/aromatic N) is 4. The number of rotatable bonds is 6. The van der Waals surface area contributed by atoms with E-state index in [1.807, 2.05) is 6.92 Å². The summed E-state index contributed by atoms with van der Waals surface area (Å²) in [4.78, 5) is 27.5. The molecule has 0 spiro atoms. The Balaban J connectivity index is 1.90. The fourth-order valence-corrected chi connectivity index (χ4v) is 4.23.